The molecule has 2 rings (SSSR count). The molecule has 0 saturated heterocycles. The average molecular weight is 485 g/mol. The van der Waals surface area contributed by atoms with E-state index in [-0.39, 0.29) is 23.2 Å². The van der Waals surface area contributed by atoms with Crippen LogP contribution in [0.2, 0.25) is 10.0 Å². The average Bonchev–Trinajstić information content (AvgIpc) is 2.62. The van der Waals surface area contributed by atoms with Crippen LogP contribution < -0.4 is 10.0 Å². The van der Waals surface area contributed by atoms with Gasteiger partial charge in [0, 0.05) is 0 Å². The van der Waals surface area contributed by atoms with Crippen LogP contribution in [0.15, 0.2) is 47.4 Å². The van der Waals surface area contributed by atoms with E-state index in [1.807, 2.05) is 0 Å². The third kappa shape index (κ3) is 5.04. The van der Waals surface area contributed by atoms with Crippen LogP contribution in [0.5, 0.6) is 0 Å². The number of amides is 2. The van der Waals surface area contributed by atoms with Crippen molar-refractivity contribution in [3.8, 4) is 0 Å². The minimum atomic E-state index is -5.25. The summed E-state index contributed by atoms with van der Waals surface area (Å²) in [5, 5.41) is 10.7. The highest BCUT2D eigenvalue weighted by Crippen LogP contribution is 2.32. The molecular formula is C17H13Cl2F3N2O5S. The van der Waals surface area contributed by atoms with Crippen LogP contribution in [-0.4, -0.2) is 37.1 Å². The Hall–Kier alpha value is -2.34. The van der Waals surface area contributed by atoms with Gasteiger partial charge in [-0.2, -0.15) is 13.2 Å². The number of alkyl halides is 3. The number of aliphatic hydroxyl groups is 1. The lowest BCUT2D eigenvalue weighted by atomic mass is 10.1. The normalized spacial score (nSPS) is 14.0. The first-order chi connectivity index (χ1) is 13.7. The van der Waals surface area contributed by atoms with Crippen molar-refractivity contribution in [2.24, 2.45) is 0 Å². The highest BCUT2D eigenvalue weighted by molar-refractivity contribution is 7.90. The molecule has 0 heterocycles. The summed E-state index contributed by atoms with van der Waals surface area (Å²) < 4.78 is 64.7. The van der Waals surface area contributed by atoms with Gasteiger partial charge in [-0.15, -0.1) is 0 Å². The fourth-order valence-corrected chi connectivity index (χ4v) is 3.52. The maximum Gasteiger partial charge on any atom is 0.426 e. The van der Waals surface area contributed by atoms with Crippen molar-refractivity contribution < 1.29 is 36.3 Å². The Labute approximate surface area is 178 Å². The number of hydrogen-bond donors (Lipinski definition) is 3. The van der Waals surface area contributed by atoms with Crippen molar-refractivity contribution in [2.45, 2.75) is 23.6 Å². The first kappa shape index (κ1) is 23.9. The van der Waals surface area contributed by atoms with Crippen LogP contribution in [0, 0.1) is 0 Å². The second-order valence-corrected chi connectivity index (χ2v) is 8.58. The Bertz CT molecular complexity index is 1100. The number of halogens is 5. The van der Waals surface area contributed by atoms with Crippen LogP contribution in [0.3, 0.4) is 0 Å². The zero-order valence-corrected chi connectivity index (χ0v) is 17.2. The number of anilines is 1. The van der Waals surface area contributed by atoms with Gasteiger partial charge in [-0.25, -0.2) is 13.1 Å². The van der Waals surface area contributed by atoms with E-state index in [1.165, 1.54) is 24.3 Å². The molecule has 30 heavy (non-hydrogen) atoms. The lowest BCUT2D eigenvalue weighted by Crippen LogP contribution is -2.52. The van der Waals surface area contributed by atoms with Gasteiger partial charge in [0.05, 0.1) is 26.2 Å². The van der Waals surface area contributed by atoms with E-state index < -0.39 is 43.5 Å². The molecule has 0 spiro atoms. The van der Waals surface area contributed by atoms with E-state index >= 15 is 0 Å². The van der Waals surface area contributed by atoms with E-state index in [1.54, 1.807) is 10.0 Å². The van der Waals surface area contributed by atoms with Crippen molar-refractivity contribution in [1.29, 1.82) is 0 Å². The molecule has 2 aromatic rings. The molecule has 0 unspecified atom stereocenters. The molecule has 162 valence electrons. The molecule has 1 atom stereocenters. The quantitative estimate of drug-likeness (QED) is 0.602. The van der Waals surface area contributed by atoms with E-state index in [2.05, 4.69) is 0 Å². The maximum atomic E-state index is 12.7. The molecule has 2 amide bonds. The Kier molecular flexibility index (Phi) is 6.72. The Morgan fingerprint density at radius 2 is 1.63 bits per heavy atom. The highest BCUT2D eigenvalue weighted by Gasteiger charge is 2.55. The van der Waals surface area contributed by atoms with Gasteiger partial charge in [-0.05, 0) is 37.3 Å². The smallest absolute Gasteiger partial charge is 0.373 e. The molecular weight excluding hydrogens is 472 g/mol. The van der Waals surface area contributed by atoms with Gasteiger partial charge in [0.15, 0.2) is 0 Å². The van der Waals surface area contributed by atoms with Gasteiger partial charge >= 0.3 is 6.18 Å². The molecule has 2 aromatic carbocycles. The Morgan fingerprint density at radius 1 is 1.03 bits per heavy atom. The second-order valence-electron chi connectivity index (χ2n) is 6.08. The van der Waals surface area contributed by atoms with Gasteiger partial charge in [-0.3, -0.25) is 9.59 Å². The van der Waals surface area contributed by atoms with Crippen LogP contribution in [0.4, 0.5) is 18.9 Å². The summed E-state index contributed by atoms with van der Waals surface area (Å²) in [4.78, 5) is 23.4. The summed E-state index contributed by atoms with van der Waals surface area (Å²) in [5.74, 6) is -2.84. The molecule has 13 heteroatoms. The number of sulfonamides is 1. The summed E-state index contributed by atoms with van der Waals surface area (Å²) in [6, 6.07) is 8.29. The van der Waals surface area contributed by atoms with Crippen LogP contribution in [-0.2, 0) is 14.8 Å². The predicted molar refractivity (Wildman–Crippen MR) is 103 cm³/mol. The van der Waals surface area contributed by atoms with E-state index in [0.29, 0.717) is 0 Å². The fraction of sp³-hybridized carbons (Fsp3) is 0.176. The summed E-state index contributed by atoms with van der Waals surface area (Å²) >= 11 is 11.7. The topological polar surface area (TPSA) is 113 Å². The first-order valence-electron chi connectivity index (χ1n) is 7.88. The molecule has 0 fully saturated rings. The number of carbonyl (C=O) groups excluding carboxylic acids is 2. The molecule has 0 aromatic heterocycles. The second kappa shape index (κ2) is 8.42. The van der Waals surface area contributed by atoms with Gasteiger partial charge in [-0.1, -0.05) is 35.3 Å². The molecule has 7 nitrogen and oxygen atoms in total. The predicted octanol–water partition coefficient (Wildman–Crippen LogP) is 3.36. The number of hydrogen-bond acceptors (Lipinski definition) is 5. The van der Waals surface area contributed by atoms with Crippen molar-refractivity contribution >= 4 is 50.7 Å². The van der Waals surface area contributed by atoms with Gasteiger partial charge in [0.2, 0.25) is 5.60 Å². The van der Waals surface area contributed by atoms with Crippen molar-refractivity contribution in [2.75, 3.05) is 5.32 Å². The molecule has 0 saturated carbocycles. The highest BCUT2D eigenvalue weighted by atomic mass is 35.5. The largest absolute Gasteiger partial charge is 0.426 e. The zero-order valence-electron chi connectivity index (χ0n) is 14.9. The van der Waals surface area contributed by atoms with E-state index in [0.717, 1.165) is 18.2 Å². The maximum absolute atomic E-state index is 12.7. The zero-order chi connectivity index (χ0) is 22.9. The van der Waals surface area contributed by atoms with Crippen molar-refractivity contribution in [1.82, 2.24) is 4.72 Å². The fourth-order valence-electron chi connectivity index (χ4n) is 2.02. The molecule has 3 N–H and O–H groups in total. The Morgan fingerprint density at radius 3 is 2.17 bits per heavy atom. The molecule has 0 aliphatic carbocycles. The van der Waals surface area contributed by atoms with Crippen molar-refractivity contribution in [3.05, 3.63) is 58.1 Å². The third-order valence-corrected chi connectivity index (χ3v) is 5.81. The van der Waals surface area contributed by atoms with Gasteiger partial charge in [0.25, 0.3) is 21.8 Å². The van der Waals surface area contributed by atoms with Gasteiger partial charge in [0.1, 0.15) is 0 Å². The summed E-state index contributed by atoms with van der Waals surface area (Å²) in [7, 11) is -4.43. The minimum Gasteiger partial charge on any atom is -0.373 e. The van der Waals surface area contributed by atoms with E-state index in [9.17, 15) is 36.3 Å². The van der Waals surface area contributed by atoms with Crippen LogP contribution >= 0.6 is 23.2 Å². The van der Waals surface area contributed by atoms with Gasteiger partial charge < -0.3 is 10.4 Å². The summed E-state index contributed by atoms with van der Waals surface area (Å²) in [6.07, 6.45) is -5.25. The number of benzene rings is 2. The lowest BCUT2D eigenvalue weighted by molar-refractivity contribution is -0.242. The first-order valence-corrected chi connectivity index (χ1v) is 10.1. The SMILES string of the molecule is C[C@@](O)(C(=O)Nc1ccc(S(=O)(=O)NC(=O)c2ccccc2Cl)cc1Cl)C(F)(F)F. The number of carbonyl (C=O) groups is 2. The molecule has 0 bridgehead atoms. The molecule has 0 aliphatic rings. The summed E-state index contributed by atoms with van der Waals surface area (Å²) in [6.45, 7) is 0.249. The lowest BCUT2D eigenvalue weighted by Gasteiger charge is -2.25. The number of rotatable bonds is 5. The molecule has 0 aliphatic heterocycles. The summed E-state index contributed by atoms with van der Waals surface area (Å²) in [5.41, 5.74) is -4.20. The standard InChI is InChI=1S/C17H13Cl2F3N2O5S/c1-16(27,17(20,21)22)15(26)23-13-7-6-9(8-12(13)19)30(28,29)24-14(25)10-4-2-3-5-11(10)18/h2-8,27H,1H3,(H,23,26)(H,24,25)/t16-/m1/s1. The molecule has 0 radical (unpaired) electrons. The van der Waals surface area contributed by atoms with Crippen molar-refractivity contribution in [3.63, 3.8) is 0 Å². The van der Waals surface area contributed by atoms with Crippen LogP contribution in [0.1, 0.15) is 17.3 Å². The van der Waals surface area contributed by atoms with E-state index in [4.69, 9.17) is 23.2 Å². The Balaban J connectivity index is 2.25. The van der Waals surface area contributed by atoms with Crippen LogP contribution in [0.25, 0.3) is 0 Å². The monoisotopic (exact) mass is 484 g/mol. The number of nitrogens with one attached hydrogen (secondary N) is 2. The minimum absolute atomic E-state index is 0.0120. The third-order valence-electron chi connectivity index (χ3n) is 3.84.